The third-order valence-electron chi connectivity index (χ3n) is 6.17. The average molecular weight is 541 g/mol. The van der Waals surface area contributed by atoms with Crippen molar-refractivity contribution in [3.8, 4) is 11.1 Å². The van der Waals surface area contributed by atoms with Crippen molar-refractivity contribution in [3.63, 3.8) is 0 Å². The highest BCUT2D eigenvalue weighted by Gasteiger charge is 2.24. The molecule has 4 nitrogen and oxygen atoms in total. The maximum absolute atomic E-state index is 13.1. The van der Waals surface area contributed by atoms with Gasteiger partial charge in [0.2, 0.25) is 5.91 Å². The minimum absolute atomic E-state index is 0.165. The fourth-order valence-electron chi connectivity index (χ4n) is 4.47. The molecule has 1 aliphatic carbocycles. The first-order valence-corrected chi connectivity index (χ1v) is 13.5. The van der Waals surface area contributed by atoms with Crippen LogP contribution in [0.5, 0.6) is 0 Å². The van der Waals surface area contributed by atoms with E-state index in [1.54, 1.807) is 0 Å². The molecule has 3 aromatic rings. The molecule has 178 valence electrons. The number of carbonyl (C=O) groups excluding carboxylic acids is 2. The van der Waals surface area contributed by atoms with Crippen LogP contribution in [-0.2, 0) is 16.0 Å². The van der Waals surface area contributed by atoms with Crippen molar-refractivity contribution >= 4 is 44.1 Å². The number of hydrogen-bond acceptors (Lipinski definition) is 4. The van der Waals surface area contributed by atoms with Crippen LogP contribution in [0, 0.1) is 0 Å². The summed E-state index contributed by atoms with van der Waals surface area (Å²) in [4.78, 5) is 25.8. The average Bonchev–Trinajstić information content (AvgIpc) is 3.24. The van der Waals surface area contributed by atoms with Crippen molar-refractivity contribution in [1.82, 2.24) is 0 Å². The highest BCUT2D eigenvalue weighted by molar-refractivity contribution is 9.10. The molecule has 1 aromatic heterocycles. The number of benzene rings is 2. The topological polar surface area (TPSA) is 55.4 Å². The Morgan fingerprint density at radius 3 is 2.35 bits per heavy atom. The van der Waals surface area contributed by atoms with Crippen LogP contribution in [0.4, 0.5) is 5.00 Å². The smallest absolute Gasteiger partial charge is 0.342 e. The van der Waals surface area contributed by atoms with E-state index in [-0.39, 0.29) is 18.4 Å². The zero-order valence-corrected chi connectivity index (χ0v) is 22.0. The Bertz CT molecular complexity index is 1130. The summed E-state index contributed by atoms with van der Waals surface area (Å²) in [5.74, 6) is 0.0487. The van der Waals surface area contributed by atoms with Gasteiger partial charge in [0, 0.05) is 15.4 Å². The lowest BCUT2D eigenvalue weighted by atomic mass is 9.83. The molecule has 1 amide bonds. The van der Waals surface area contributed by atoms with Gasteiger partial charge in [-0.05, 0) is 61.4 Å². The minimum atomic E-state index is -0.415. The molecular weight excluding hydrogens is 510 g/mol. The van der Waals surface area contributed by atoms with Gasteiger partial charge in [-0.15, -0.1) is 11.3 Å². The molecule has 0 radical (unpaired) electrons. The van der Waals surface area contributed by atoms with Gasteiger partial charge in [-0.3, -0.25) is 4.79 Å². The Morgan fingerprint density at radius 2 is 1.71 bits per heavy atom. The first-order chi connectivity index (χ1) is 16.4. The molecular formula is C28H30BrNO3S. The Kier molecular flexibility index (Phi) is 8.22. The highest BCUT2D eigenvalue weighted by Crippen LogP contribution is 2.38. The van der Waals surface area contributed by atoms with Gasteiger partial charge in [0.1, 0.15) is 10.6 Å². The summed E-state index contributed by atoms with van der Waals surface area (Å²) < 4.78 is 6.51. The quantitative estimate of drug-likeness (QED) is 0.309. The number of thiophene rings is 1. The van der Waals surface area contributed by atoms with E-state index in [1.165, 1.54) is 49.0 Å². The third-order valence-corrected chi connectivity index (χ3v) is 7.59. The first kappa shape index (κ1) is 24.7. The fraction of sp³-hybridized carbons (Fsp3) is 0.357. The molecule has 1 fully saturated rings. The molecule has 0 unspecified atom stereocenters. The van der Waals surface area contributed by atoms with Gasteiger partial charge in [0.05, 0.1) is 12.5 Å². The number of ether oxygens (including phenoxy) is 1. The summed E-state index contributed by atoms with van der Waals surface area (Å²) in [5, 5.41) is 5.41. The number of rotatable bonds is 7. The van der Waals surface area contributed by atoms with Crippen LogP contribution < -0.4 is 5.32 Å². The summed E-state index contributed by atoms with van der Waals surface area (Å²) in [5.41, 5.74) is 4.45. The van der Waals surface area contributed by atoms with Crippen LogP contribution in [-0.4, -0.2) is 18.0 Å². The fourth-order valence-corrected chi connectivity index (χ4v) is 5.71. The van der Waals surface area contributed by atoms with Crippen LogP contribution >= 0.6 is 27.3 Å². The van der Waals surface area contributed by atoms with Crippen molar-refractivity contribution in [2.75, 3.05) is 5.32 Å². The Hall–Kier alpha value is -2.44. The van der Waals surface area contributed by atoms with E-state index in [0.717, 1.165) is 21.2 Å². The molecule has 0 saturated heterocycles. The largest absolute Gasteiger partial charge is 0.459 e. The van der Waals surface area contributed by atoms with E-state index in [0.29, 0.717) is 16.5 Å². The molecule has 0 atom stereocenters. The van der Waals surface area contributed by atoms with Gasteiger partial charge >= 0.3 is 5.97 Å². The highest BCUT2D eigenvalue weighted by atomic mass is 79.9. The summed E-state index contributed by atoms with van der Waals surface area (Å²) in [6, 6.07) is 16.2. The van der Waals surface area contributed by atoms with Gasteiger partial charge in [0.25, 0.3) is 0 Å². The number of anilines is 1. The van der Waals surface area contributed by atoms with E-state index in [4.69, 9.17) is 4.74 Å². The van der Waals surface area contributed by atoms with Crippen LogP contribution in [0.15, 0.2) is 58.4 Å². The molecule has 0 spiro atoms. The van der Waals surface area contributed by atoms with Gasteiger partial charge in [-0.2, -0.15) is 0 Å². The lowest BCUT2D eigenvalue weighted by Gasteiger charge is -2.22. The molecule has 6 heteroatoms. The maximum Gasteiger partial charge on any atom is 0.342 e. The zero-order chi connectivity index (χ0) is 24.1. The van der Waals surface area contributed by atoms with E-state index >= 15 is 0 Å². The Morgan fingerprint density at radius 1 is 1.03 bits per heavy atom. The van der Waals surface area contributed by atoms with Crippen molar-refractivity contribution in [2.24, 2.45) is 0 Å². The Balaban J connectivity index is 1.58. The number of nitrogens with one attached hydrogen (secondary N) is 1. The van der Waals surface area contributed by atoms with Crippen molar-refractivity contribution in [1.29, 1.82) is 0 Å². The maximum atomic E-state index is 13.1. The summed E-state index contributed by atoms with van der Waals surface area (Å²) in [7, 11) is 0. The zero-order valence-electron chi connectivity index (χ0n) is 19.6. The van der Waals surface area contributed by atoms with Crippen LogP contribution in [0.1, 0.15) is 73.4 Å². The molecule has 0 bridgehead atoms. The van der Waals surface area contributed by atoms with Crippen LogP contribution in [0.25, 0.3) is 11.1 Å². The molecule has 2 aromatic carbocycles. The predicted octanol–water partition coefficient (Wildman–Crippen LogP) is 7.97. The lowest BCUT2D eigenvalue weighted by Crippen LogP contribution is -2.18. The van der Waals surface area contributed by atoms with Crippen molar-refractivity contribution in [2.45, 2.75) is 64.4 Å². The molecule has 34 heavy (non-hydrogen) atoms. The number of esters is 1. The van der Waals surface area contributed by atoms with E-state index in [9.17, 15) is 9.59 Å². The molecule has 1 aliphatic rings. The number of halogens is 1. The van der Waals surface area contributed by atoms with Crippen LogP contribution in [0.2, 0.25) is 0 Å². The van der Waals surface area contributed by atoms with Crippen LogP contribution in [0.3, 0.4) is 0 Å². The third kappa shape index (κ3) is 6.16. The lowest BCUT2D eigenvalue weighted by molar-refractivity contribution is -0.115. The standard InChI is InChI=1S/C28H30BrNO3S/c1-18(2)33-28(32)26-24(22-12-10-21(11-13-22)20-6-4-3-5-7-20)17-34-27(26)30-25(31)16-19-8-14-23(29)15-9-19/h8-15,17-18,20H,3-7,16H2,1-2H3,(H,30,31). The van der Waals surface area contributed by atoms with Gasteiger partial charge in [0.15, 0.2) is 0 Å². The molecule has 1 heterocycles. The van der Waals surface area contributed by atoms with E-state index in [2.05, 4.69) is 45.5 Å². The van der Waals surface area contributed by atoms with E-state index in [1.807, 2.05) is 43.5 Å². The van der Waals surface area contributed by atoms with Gasteiger partial charge in [-0.1, -0.05) is 71.6 Å². The number of amides is 1. The summed E-state index contributed by atoms with van der Waals surface area (Å²) >= 11 is 4.77. The predicted molar refractivity (Wildman–Crippen MR) is 143 cm³/mol. The molecule has 1 saturated carbocycles. The minimum Gasteiger partial charge on any atom is -0.459 e. The second-order valence-corrected chi connectivity index (χ2v) is 10.9. The van der Waals surface area contributed by atoms with Crippen molar-refractivity contribution in [3.05, 3.63) is 75.1 Å². The second kappa shape index (κ2) is 11.3. The first-order valence-electron chi connectivity index (χ1n) is 11.9. The van der Waals surface area contributed by atoms with E-state index < -0.39 is 5.97 Å². The summed E-state index contributed by atoms with van der Waals surface area (Å²) in [6.07, 6.45) is 6.41. The van der Waals surface area contributed by atoms with Crippen molar-refractivity contribution < 1.29 is 14.3 Å². The SMILES string of the molecule is CC(C)OC(=O)c1c(-c2ccc(C3CCCCC3)cc2)csc1NC(=O)Cc1ccc(Br)cc1. The number of carbonyl (C=O) groups is 2. The molecule has 1 N–H and O–H groups in total. The van der Waals surface area contributed by atoms with Gasteiger partial charge < -0.3 is 10.1 Å². The molecule has 0 aliphatic heterocycles. The molecule has 4 rings (SSSR count). The monoisotopic (exact) mass is 539 g/mol. The second-order valence-electron chi connectivity index (χ2n) is 9.12. The number of hydrogen-bond donors (Lipinski definition) is 1. The Labute approximate surface area is 213 Å². The normalized spacial score (nSPS) is 14.2. The summed E-state index contributed by atoms with van der Waals surface area (Å²) in [6.45, 7) is 3.66. The van der Waals surface area contributed by atoms with Gasteiger partial charge in [-0.25, -0.2) is 4.79 Å².